The van der Waals surface area contributed by atoms with Crippen LogP contribution in [-0.4, -0.2) is 87.0 Å². The number of ether oxygens (including phenoxy) is 2. The molecule has 3 aliphatic rings. The molecule has 330 valence electrons. The van der Waals surface area contributed by atoms with Gasteiger partial charge >= 0.3 is 0 Å². The number of nitrogens with one attached hydrogen (secondary N) is 4. The molecule has 3 aromatic rings. The Hall–Kier alpha value is -6.27. The zero-order chi connectivity index (χ0) is 45.0. The van der Waals surface area contributed by atoms with Crippen molar-refractivity contribution < 1.29 is 47.7 Å². The van der Waals surface area contributed by atoms with E-state index in [2.05, 4.69) is 27.8 Å². The van der Waals surface area contributed by atoms with Gasteiger partial charge in [0, 0.05) is 54.2 Å². The molecule has 0 aliphatic carbocycles. The summed E-state index contributed by atoms with van der Waals surface area (Å²) in [5, 5.41) is 22.5. The summed E-state index contributed by atoms with van der Waals surface area (Å²) >= 11 is 0. The van der Waals surface area contributed by atoms with E-state index < -0.39 is 47.8 Å². The normalized spacial score (nSPS) is 17.4. The molecular formula is C44H52FN7O10. The van der Waals surface area contributed by atoms with Crippen molar-refractivity contribution in [1.29, 1.82) is 0 Å². The van der Waals surface area contributed by atoms with Gasteiger partial charge in [0.15, 0.2) is 0 Å². The fourth-order valence-electron chi connectivity index (χ4n) is 7.79. The smallest absolute Gasteiger partial charge is 0.258 e. The molecule has 62 heavy (non-hydrogen) atoms. The molecule has 0 unspecified atom stereocenters. The van der Waals surface area contributed by atoms with E-state index in [0.29, 0.717) is 69.4 Å². The molecule has 1 aromatic carbocycles. The average molecular weight is 858 g/mol. The summed E-state index contributed by atoms with van der Waals surface area (Å²) in [5.41, 5.74) is 1.65. The zero-order valence-electron chi connectivity index (χ0n) is 35.4. The predicted molar refractivity (Wildman–Crippen MR) is 223 cm³/mol. The van der Waals surface area contributed by atoms with Gasteiger partial charge in [-0.3, -0.25) is 38.5 Å². The maximum absolute atomic E-state index is 15.3. The summed E-state index contributed by atoms with van der Waals surface area (Å²) in [6.45, 7) is 11.7. The highest BCUT2D eigenvalue weighted by Gasteiger charge is 2.41. The number of halogens is 1. The van der Waals surface area contributed by atoms with Crippen molar-refractivity contribution in [2.24, 2.45) is 5.92 Å². The molecule has 0 saturated heterocycles. The summed E-state index contributed by atoms with van der Waals surface area (Å²) in [4.78, 5) is 94.1. The van der Waals surface area contributed by atoms with Gasteiger partial charge in [0.25, 0.3) is 17.4 Å². The topological polar surface area (TPSA) is 227 Å². The molecule has 0 fully saturated rings. The maximum atomic E-state index is 15.3. The number of carbonyl (C=O) groups is 6. The second-order valence-corrected chi connectivity index (χ2v) is 16.1. The molecule has 3 aliphatic heterocycles. The van der Waals surface area contributed by atoms with Gasteiger partial charge < -0.3 is 40.4 Å². The summed E-state index contributed by atoms with van der Waals surface area (Å²) in [7, 11) is 0. The fraction of sp³-hybridized carbons (Fsp3) is 0.455. The Bertz CT molecular complexity index is 2430. The minimum atomic E-state index is -1.55. The molecular weight excluding hydrogens is 806 g/mol. The maximum Gasteiger partial charge on any atom is 0.258 e. The number of pyridine rings is 2. The Balaban J connectivity index is 0.971. The lowest BCUT2D eigenvalue weighted by Gasteiger charge is -2.35. The molecule has 5 N–H and O–H groups in total. The SMILES string of the molecule is C=C1OCc2c(cc3n(c2=O)Cc2cc4c(CNC(=O)COCNC(=O)[C@H](C)NC(=O)[C@@H](NC(=O)CCCCCN5C(=O)C=CC5=O)C(C)C)c(C)c(F)cc4nc2-3)[C@@]1(O)CC. The standard InChI is InChI=1S/C44H52FN7O10/c1-7-44(60)26(6)62-20-30-31(44)16-34-40-27(19-52(34)43(30)59)15-28-29(24(4)32(45)17-33(28)49-40)18-46-36(54)21-61-22-47-41(57)25(5)48-42(58)39(23(2)3)50-35(53)11-9-8-10-14-51-37(55)12-13-38(51)56/h12-13,15-17,23,25,39,60H,6-11,14,18-22H2,1-5H3,(H,46,54)(H,47,57)(H,48,58)(H,50,53)/t25-,39-,44+/m0/s1. The third-order valence-corrected chi connectivity index (χ3v) is 11.6. The van der Waals surface area contributed by atoms with Gasteiger partial charge in [-0.25, -0.2) is 9.37 Å². The number of hydrogen-bond acceptors (Lipinski definition) is 11. The fourth-order valence-corrected chi connectivity index (χ4v) is 7.79. The molecule has 2 aromatic heterocycles. The van der Waals surface area contributed by atoms with Crippen LogP contribution in [0.1, 0.15) is 87.6 Å². The first kappa shape index (κ1) is 45.3. The third kappa shape index (κ3) is 9.30. The number of hydrogen-bond donors (Lipinski definition) is 5. The van der Waals surface area contributed by atoms with Crippen LogP contribution in [0.25, 0.3) is 22.3 Å². The highest BCUT2D eigenvalue weighted by molar-refractivity contribution is 6.12. The molecule has 18 heteroatoms. The number of carbonyl (C=O) groups excluding carboxylic acids is 6. The number of unbranched alkanes of at least 4 members (excludes halogenated alkanes) is 2. The van der Waals surface area contributed by atoms with Crippen molar-refractivity contribution in [3.63, 3.8) is 0 Å². The highest BCUT2D eigenvalue weighted by Crippen LogP contribution is 2.42. The monoisotopic (exact) mass is 857 g/mol. The predicted octanol–water partition coefficient (Wildman–Crippen LogP) is 2.35. The van der Waals surface area contributed by atoms with E-state index in [1.807, 2.05) is 6.07 Å². The molecule has 6 amide bonds. The van der Waals surface area contributed by atoms with Gasteiger partial charge in [-0.05, 0) is 62.3 Å². The average Bonchev–Trinajstić information content (AvgIpc) is 3.76. The minimum absolute atomic E-state index is 0.0236. The number of aromatic nitrogens is 2. The van der Waals surface area contributed by atoms with Crippen molar-refractivity contribution in [3.05, 3.63) is 86.7 Å². The van der Waals surface area contributed by atoms with E-state index in [4.69, 9.17) is 14.5 Å². The van der Waals surface area contributed by atoms with Crippen molar-refractivity contribution in [1.82, 2.24) is 35.7 Å². The molecule has 0 radical (unpaired) electrons. The number of amides is 6. The first-order chi connectivity index (χ1) is 29.4. The molecule has 0 saturated carbocycles. The van der Waals surface area contributed by atoms with Gasteiger partial charge in [0.05, 0.1) is 29.0 Å². The third-order valence-electron chi connectivity index (χ3n) is 11.6. The van der Waals surface area contributed by atoms with Crippen molar-refractivity contribution >= 4 is 46.3 Å². The highest BCUT2D eigenvalue weighted by atomic mass is 19.1. The Morgan fingerprint density at radius 1 is 1.00 bits per heavy atom. The molecule has 0 spiro atoms. The second-order valence-electron chi connectivity index (χ2n) is 16.1. The van der Waals surface area contributed by atoms with E-state index in [1.54, 1.807) is 38.3 Å². The van der Waals surface area contributed by atoms with Crippen LogP contribution in [0.2, 0.25) is 0 Å². The molecule has 17 nitrogen and oxygen atoms in total. The van der Waals surface area contributed by atoms with Crippen molar-refractivity contribution in [2.75, 3.05) is 19.9 Å². The zero-order valence-corrected chi connectivity index (χ0v) is 35.4. The first-order valence-electron chi connectivity index (χ1n) is 20.6. The first-order valence-corrected chi connectivity index (χ1v) is 20.6. The minimum Gasteiger partial charge on any atom is -0.490 e. The lowest BCUT2D eigenvalue weighted by atomic mass is 9.84. The van der Waals surface area contributed by atoms with Gasteiger partial charge in [-0.15, -0.1) is 0 Å². The quantitative estimate of drug-likeness (QED) is 0.0555. The van der Waals surface area contributed by atoms with E-state index in [0.717, 1.165) is 4.90 Å². The number of imide groups is 1. The largest absolute Gasteiger partial charge is 0.490 e. The molecule has 6 rings (SSSR count). The molecule has 3 atom stereocenters. The van der Waals surface area contributed by atoms with E-state index >= 15 is 4.39 Å². The lowest BCUT2D eigenvalue weighted by molar-refractivity contribution is -0.137. The van der Waals surface area contributed by atoms with Crippen LogP contribution >= 0.6 is 0 Å². The summed E-state index contributed by atoms with van der Waals surface area (Å²) in [5.74, 6) is -3.43. The van der Waals surface area contributed by atoms with Gasteiger partial charge in [0.1, 0.15) is 49.2 Å². The number of benzene rings is 1. The van der Waals surface area contributed by atoms with Crippen LogP contribution in [-0.2, 0) is 63.5 Å². The Morgan fingerprint density at radius 3 is 2.42 bits per heavy atom. The Kier molecular flexibility index (Phi) is 13.7. The van der Waals surface area contributed by atoms with Crippen molar-refractivity contribution in [3.8, 4) is 11.4 Å². The number of nitrogens with zero attached hydrogens (tertiary/aromatic N) is 3. The van der Waals surface area contributed by atoms with Crippen LogP contribution in [0.4, 0.5) is 4.39 Å². The summed E-state index contributed by atoms with van der Waals surface area (Å²) in [6.07, 6.45) is 4.44. The van der Waals surface area contributed by atoms with Crippen LogP contribution in [0.15, 0.2) is 47.5 Å². The van der Waals surface area contributed by atoms with Crippen LogP contribution in [0, 0.1) is 18.7 Å². The lowest BCUT2D eigenvalue weighted by Crippen LogP contribution is -2.54. The number of aliphatic hydroxyl groups is 1. The molecule has 5 heterocycles. The number of fused-ring (bicyclic) bond motifs is 5. The van der Waals surface area contributed by atoms with Gasteiger partial charge in [-0.1, -0.05) is 33.8 Å². The van der Waals surface area contributed by atoms with Crippen LogP contribution in [0.3, 0.4) is 0 Å². The van der Waals surface area contributed by atoms with Gasteiger partial charge in [0.2, 0.25) is 23.6 Å². The van der Waals surface area contributed by atoms with E-state index in [-0.39, 0.29) is 80.8 Å². The Morgan fingerprint density at radius 2 is 1.73 bits per heavy atom. The second kappa shape index (κ2) is 18.8. The number of rotatable bonds is 18. The molecule has 0 bridgehead atoms. The Labute approximate surface area is 357 Å². The van der Waals surface area contributed by atoms with E-state index in [9.17, 15) is 38.7 Å². The van der Waals surface area contributed by atoms with Crippen LogP contribution < -0.4 is 26.8 Å². The summed E-state index contributed by atoms with van der Waals surface area (Å²) < 4.78 is 27.8. The van der Waals surface area contributed by atoms with Crippen LogP contribution in [0.5, 0.6) is 0 Å². The van der Waals surface area contributed by atoms with Crippen molar-refractivity contribution in [2.45, 2.75) is 104 Å². The van der Waals surface area contributed by atoms with E-state index in [1.165, 1.54) is 25.1 Å². The van der Waals surface area contributed by atoms with Gasteiger partial charge in [-0.2, -0.15) is 0 Å². The summed E-state index contributed by atoms with van der Waals surface area (Å²) in [6, 6.07) is 2.94.